The Kier molecular flexibility index (Phi) is 5.51. The van der Waals surface area contributed by atoms with Gasteiger partial charge in [0.25, 0.3) is 0 Å². The second-order valence-corrected chi connectivity index (χ2v) is 5.32. The molecule has 0 atom stereocenters. The number of hydrogen-bond acceptors (Lipinski definition) is 5. The highest BCUT2D eigenvalue weighted by molar-refractivity contribution is 8.00. The van der Waals surface area contributed by atoms with E-state index in [1.54, 1.807) is 6.20 Å². The minimum Gasteiger partial charge on any atom is -0.355 e. The van der Waals surface area contributed by atoms with Gasteiger partial charge in [0.05, 0.1) is 11.9 Å². The van der Waals surface area contributed by atoms with Crippen molar-refractivity contribution in [3.8, 4) is 0 Å². The maximum Gasteiger partial charge on any atom is 0.230 e. The summed E-state index contributed by atoms with van der Waals surface area (Å²) in [6.45, 7) is 2.29. The van der Waals surface area contributed by atoms with Gasteiger partial charge in [-0.25, -0.2) is 0 Å². The summed E-state index contributed by atoms with van der Waals surface area (Å²) in [6, 6.07) is 7.79. The molecule has 21 heavy (non-hydrogen) atoms. The smallest absolute Gasteiger partial charge is 0.230 e. The first-order valence-electron chi connectivity index (χ1n) is 6.51. The van der Waals surface area contributed by atoms with Crippen LogP contribution in [0.2, 0.25) is 0 Å². The molecular weight excluding hydrogens is 288 g/mol. The zero-order valence-corrected chi connectivity index (χ0v) is 12.4. The van der Waals surface area contributed by atoms with Crippen LogP contribution in [0, 0.1) is 0 Å². The summed E-state index contributed by atoms with van der Waals surface area (Å²) in [7, 11) is 0. The van der Waals surface area contributed by atoms with E-state index < -0.39 is 0 Å². The number of carbonyl (C=O) groups is 2. The molecule has 0 aliphatic heterocycles. The number of carbonyl (C=O) groups excluding carboxylic acids is 2. The Balaban J connectivity index is 1.84. The molecule has 0 saturated carbocycles. The van der Waals surface area contributed by atoms with Gasteiger partial charge in [-0.15, -0.1) is 5.10 Å². The summed E-state index contributed by atoms with van der Waals surface area (Å²) in [5.41, 5.74) is 0. The van der Waals surface area contributed by atoms with Crippen LogP contribution in [0.4, 0.5) is 0 Å². The number of fused-ring (bicyclic) bond motifs is 1. The van der Waals surface area contributed by atoms with E-state index in [9.17, 15) is 9.59 Å². The lowest BCUT2D eigenvalue weighted by atomic mass is 10.2. The second-order valence-electron chi connectivity index (χ2n) is 4.36. The molecule has 0 spiro atoms. The Hall–Kier alpha value is -2.15. The lowest BCUT2D eigenvalue weighted by molar-refractivity contribution is -0.120. The van der Waals surface area contributed by atoms with Crippen LogP contribution in [0.15, 0.2) is 35.5 Å². The fourth-order valence-electron chi connectivity index (χ4n) is 1.73. The normalized spacial score (nSPS) is 10.3. The minimum absolute atomic E-state index is 0.0971. The van der Waals surface area contributed by atoms with Crippen molar-refractivity contribution >= 4 is 34.3 Å². The Morgan fingerprint density at radius 3 is 2.76 bits per heavy atom. The van der Waals surface area contributed by atoms with Crippen molar-refractivity contribution in [2.45, 2.75) is 11.9 Å². The van der Waals surface area contributed by atoms with E-state index in [0.29, 0.717) is 13.1 Å². The molecule has 0 radical (unpaired) electrons. The van der Waals surface area contributed by atoms with Crippen molar-refractivity contribution in [2.75, 3.05) is 18.8 Å². The van der Waals surface area contributed by atoms with E-state index in [-0.39, 0.29) is 17.6 Å². The highest BCUT2D eigenvalue weighted by atomic mass is 32.2. The summed E-state index contributed by atoms with van der Waals surface area (Å²) in [5, 5.41) is 16.1. The third-order valence-electron chi connectivity index (χ3n) is 2.70. The largest absolute Gasteiger partial charge is 0.355 e. The second kappa shape index (κ2) is 7.58. The number of nitrogens with zero attached hydrogens (tertiary/aromatic N) is 2. The van der Waals surface area contributed by atoms with Crippen molar-refractivity contribution < 1.29 is 9.59 Å². The van der Waals surface area contributed by atoms with Crippen LogP contribution in [0.5, 0.6) is 0 Å². The number of hydrogen-bond donors (Lipinski definition) is 2. The summed E-state index contributed by atoms with van der Waals surface area (Å²) < 4.78 is 0. The summed E-state index contributed by atoms with van der Waals surface area (Å²) >= 11 is 1.35. The van der Waals surface area contributed by atoms with E-state index in [2.05, 4.69) is 20.8 Å². The highest BCUT2D eigenvalue weighted by Gasteiger charge is 2.07. The predicted molar refractivity (Wildman–Crippen MR) is 82.0 cm³/mol. The molecule has 0 bridgehead atoms. The van der Waals surface area contributed by atoms with Crippen LogP contribution < -0.4 is 10.6 Å². The molecule has 0 unspecified atom stereocenters. The molecule has 1 aromatic heterocycles. The third-order valence-corrected chi connectivity index (χ3v) is 3.68. The van der Waals surface area contributed by atoms with Gasteiger partial charge < -0.3 is 10.6 Å². The molecule has 1 aromatic carbocycles. The number of thioether (sulfide) groups is 1. The monoisotopic (exact) mass is 304 g/mol. The fraction of sp³-hybridized carbons (Fsp3) is 0.286. The molecule has 0 aliphatic rings. The number of nitrogens with one attached hydrogen (secondary N) is 2. The van der Waals surface area contributed by atoms with Crippen molar-refractivity contribution in [3.63, 3.8) is 0 Å². The van der Waals surface area contributed by atoms with E-state index in [0.717, 1.165) is 15.8 Å². The molecule has 2 amide bonds. The van der Waals surface area contributed by atoms with E-state index in [4.69, 9.17) is 0 Å². The molecular formula is C14H16N4O2S. The van der Waals surface area contributed by atoms with E-state index >= 15 is 0 Å². The Bertz CT molecular complexity index is 642. The molecule has 110 valence electrons. The summed E-state index contributed by atoms with van der Waals surface area (Å²) in [4.78, 5) is 22.4. The van der Waals surface area contributed by atoms with Gasteiger partial charge in [0.2, 0.25) is 11.8 Å². The van der Waals surface area contributed by atoms with Crippen molar-refractivity contribution in [3.05, 3.63) is 30.5 Å². The SMILES string of the molecule is CC(=O)NCCNC(=O)CSc1nncc2ccccc12. The predicted octanol–water partition coefficient (Wildman–Crippen LogP) is 0.974. The van der Waals surface area contributed by atoms with E-state index in [1.807, 2.05) is 24.3 Å². The average Bonchev–Trinajstić information content (AvgIpc) is 2.49. The standard InChI is InChI=1S/C14H16N4O2S/c1-10(19)15-6-7-16-13(20)9-21-14-12-5-3-2-4-11(12)8-17-18-14/h2-5,8H,6-7,9H2,1H3,(H,15,19)(H,16,20). The Morgan fingerprint density at radius 2 is 1.95 bits per heavy atom. The number of benzene rings is 1. The minimum atomic E-state index is -0.107. The van der Waals surface area contributed by atoms with Gasteiger partial charge in [-0.05, 0) is 0 Å². The van der Waals surface area contributed by atoms with Crippen molar-refractivity contribution in [1.29, 1.82) is 0 Å². The summed E-state index contributed by atoms with van der Waals surface area (Å²) in [6.07, 6.45) is 1.70. The highest BCUT2D eigenvalue weighted by Crippen LogP contribution is 2.24. The molecule has 0 aliphatic carbocycles. The van der Waals surface area contributed by atoms with Crippen LogP contribution >= 0.6 is 11.8 Å². The zero-order chi connectivity index (χ0) is 15.1. The number of aromatic nitrogens is 2. The molecule has 0 fully saturated rings. The van der Waals surface area contributed by atoms with Crippen LogP contribution in [0.1, 0.15) is 6.92 Å². The first-order chi connectivity index (χ1) is 10.2. The first kappa shape index (κ1) is 15.2. The molecule has 2 rings (SSSR count). The fourth-order valence-corrected chi connectivity index (χ4v) is 2.55. The first-order valence-corrected chi connectivity index (χ1v) is 7.50. The van der Waals surface area contributed by atoms with Gasteiger partial charge in [0.15, 0.2) is 0 Å². The molecule has 2 aromatic rings. The van der Waals surface area contributed by atoms with Crippen LogP contribution in [0.3, 0.4) is 0 Å². The molecule has 6 nitrogen and oxygen atoms in total. The Morgan fingerprint density at radius 1 is 1.19 bits per heavy atom. The van der Waals surface area contributed by atoms with Gasteiger partial charge in [-0.1, -0.05) is 36.0 Å². The maximum atomic E-state index is 11.7. The van der Waals surface area contributed by atoms with Crippen LogP contribution in [-0.2, 0) is 9.59 Å². The number of amides is 2. The topological polar surface area (TPSA) is 84.0 Å². The van der Waals surface area contributed by atoms with Gasteiger partial charge in [0, 0.05) is 30.8 Å². The quantitative estimate of drug-likeness (QED) is 0.614. The Labute approximate surface area is 126 Å². The third kappa shape index (κ3) is 4.71. The van der Waals surface area contributed by atoms with Gasteiger partial charge >= 0.3 is 0 Å². The van der Waals surface area contributed by atoms with Crippen molar-refractivity contribution in [1.82, 2.24) is 20.8 Å². The van der Waals surface area contributed by atoms with Crippen LogP contribution in [0.25, 0.3) is 10.8 Å². The number of rotatable bonds is 6. The zero-order valence-electron chi connectivity index (χ0n) is 11.6. The lowest BCUT2D eigenvalue weighted by Gasteiger charge is -2.06. The van der Waals surface area contributed by atoms with Gasteiger partial charge in [0.1, 0.15) is 5.03 Å². The molecule has 0 saturated heterocycles. The molecule has 7 heteroatoms. The lowest BCUT2D eigenvalue weighted by Crippen LogP contribution is -2.34. The van der Waals surface area contributed by atoms with Crippen molar-refractivity contribution in [2.24, 2.45) is 0 Å². The maximum absolute atomic E-state index is 11.7. The molecule has 2 N–H and O–H groups in total. The van der Waals surface area contributed by atoms with Gasteiger partial charge in [-0.3, -0.25) is 9.59 Å². The summed E-state index contributed by atoms with van der Waals surface area (Å²) in [5.74, 6) is 0.0627. The van der Waals surface area contributed by atoms with Crippen LogP contribution in [-0.4, -0.2) is 40.9 Å². The average molecular weight is 304 g/mol. The van der Waals surface area contributed by atoms with E-state index in [1.165, 1.54) is 18.7 Å². The van der Waals surface area contributed by atoms with Gasteiger partial charge in [-0.2, -0.15) is 5.10 Å². The molecule has 1 heterocycles.